The number of likely N-dealkylation sites (tertiary alicyclic amines) is 2. The number of hydrogen-bond donors (Lipinski definition) is 0. The van der Waals surface area contributed by atoms with E-state index >= 15 is 0 Å². The molecular formula is C35H38Cl2N4O4. The van der Waals surface area contributed by atoms with Gasteiger partial charge in [-0.2, -0.15) is 0 Å². The maximum atomic E-state index is 13.5. The fourth-order valence-electron chi connectivity index (χ4n) is 6.78. The van der Waals surface area contributed by atoms with Crippen molar-refractivity contribution in [3.8, 4) is 22.5 Å². The third-order valence-electron chi connectivity index (χ3n) is 9.44. The molecule has 2 amide bonds. The van der Waals surface area contributed by atoms with E-state index in [2.05, 4.69) is 10.3 Å². The van der Waals surface area contributed by atoms with Crippen molar-refractivity contribution in [1.82, 2.24) is 20.1 Å². The first kappa shape index (κ1) is 31.4. The molecule has 2 aliphatic rings. The van der Waals surface area contributed by atoms with Crippen LogP contribution in [0.4, 0.5) is 0 Å². The van der Waals surface area contributed by atoms with Crippen molar-refractivity contribution < 1.29 is 18.6 Å². The fourth-order valence-corrected chi connectivity index (χ4v) is 7.23. The van der Waals surface area contributed by atoms with Crippen LogP contribution in [0, 0.1) is 25.7 Å². The molecule has 2 saturated heterocycles. The Morgan fingerprint density at radius 2 is 1.07 bits per heavy atom. The van der Waals surface area contributed by atoms with Crippen molar-refractivity contribution >= 4 is 35.0 Å². The summed E-state index contributed by atoms with van der Waals surface area (Å²) in [7, 11) is 0. The summed E-state index contributed by atoms with van der Waals surface area (Å²) in [6.07, 6.45) is 7.48. The smallest absolute Gasteiger partial charge is 0.259 e. The van der Waals surface area contributed by atoms with Gasteiger partial charge in [-0.3, -0.25) is 9.59 Å². The third-order valence-corrected chi connectivity index (χ3v) is 10.1. The molecule has 8 nitrogen and oxygen atoms in total. The van der Waals surface area contributed by atoms with E-state index < -0.39 is 0 Å². The summed E-state index contributed by atoms with van der Waals surface area (Å²) in [5.74, 6) is 2.18. The summed E-state index contributed by atoms with van der Waals surface area (Å²) in [5.41, 5.74) is 3.45. The van der Waals surface area contributed by atoms with Crippen LogP contribution in [-0.4, -0.2) is 58.1 Å². The number of rotatable bonds is 8. The van der Waals surface area contributed by atoms with E-state index in [1.54, 1.807) is 26.0 Å². The van der Waals surface area contributed by atoms with E-state index in [4.69, 9.17) is 32.2 Å². The van der Waals surface area contributed by atoms with Gasteiger partial charge in [-0.25, -0.2) is 0 Å². The molecule has 4 heterocycles. The monoisotopic (exact) mass is 648 g/mol. The minimum absolute atomic E-state index is 0.0381. The summed E-state index contributed by atoms with van der Waals surface area (Å²) < 4.78 is 10.9. The molecule has 2 aromatic heterocycles. The molecule has 0 bridgehead atoms. The molecule has 0 radical (unpaired) electrons. The Labute approximate surface area is 273 Å². The van der Waals surface area contributed by atoms with Crippen LogP contribution >= 0.6 is 23.2 Å². The zero-order chi connectivity index (χ0) is 31.5. The van der Waals surface area contributed by atoms with Crippen molar-refractivity contribution in [2.75, 3.05) is 26.2 Å². The van der Waals surface area contributed by atoms with Gasteiger partial charge in [0.1, 0.15) is 34.0 Å². The second-order valence-corrected chi connectivity index (χ2v) is 13.1. The highest BCUT2D eigenvalue weighted by atomic mass is 35.5. The molecule has 2 aliphatic heterocycles. The number of amides is 2. The van der Waals surface area contributed by atoms with Gasteiger partial charge in [0.2, 0.25) is 0 Å². The number of nitrogens with zero attached hydrogens (tertiary/aromatic N) is 4. The van der Waals surface area contributed by atoms with Crippen LogP contribution in [0.15, 0.2) is 57.6 Å². The second kappa shape index (κ2) is 13.8. The molecule has 0 unspecified atom stereocenters. The van der Waals surface area contributed by atoms with E-state index in [-0.39, 0.29) is 11.8 Å². The lowest BCUT2D eigenvalue weighted by Gasteiger charge is -2.34. The molecule has 10 heteroatoms. The Kier molecular flexibility index (Phi) is 9.61. The molecule has 6 rings (SSSR count). The summed E-state index contributed by atoms with van der Waals surface area (Å²) in [6.45, 7) is 6.48. The number of aromatic nitrogens is 2. The van der Waals surface area contributed by atoms with Gasteiger partial charge in [0.05, 0.1) is 10.0 Å². The van der Waals surface area contributed by atoms with Gasteiger partial charge in [-0.1, -0.05) is 89.2 Å². The van der Waals surface area contributed by atoms with Crippen LogP contribution in [0.1, 0.15) is 77.2 Å². The Balaban J connectivity index is 0.959. The highest BCUT2D eigenvalue weighted by Gasteiger charge is 2.32. The number of carbonyl (C=O) groups excluding carboxylic acids is 2. The fraction of sp³-hybridized carbons (Fsp3) is 0.429. The zero-order valence-corrected chi connectivity index (χ0v) is 27.2. The molecule has 236 valence electrons. The topological polar surface area (TPSA) is 92.7 Å². The van der Waals surface area contributed by atoms with Gasteiger partial charge in [0, 0.05) is 37.3 Å². The van der Waals surface area contributed by atoms with Crippen LogP contribution in [0.3, 0.4) is 0 Å². The van der Waals surface area contributed by atoms with Crippen molar-refractivity contribution in [3.05, 3.63) is 81.2 Å². The van der Waals surface area contributed by atoms with Crippen molar-refractivity contribution in [3.63, 3.8) is 0 Å². The lowest BCUT2D eigenvalue weighted by atomic mass is 9.86. The largest absolute Gasteiger partial charge is 0.360 e. The Bertz CT molecular complexity index is 1540. The average molecular weight is 650 g/mol. The Hall–Kier alpha value is -3.62. The molecule has 2 aromatic carbocycles. The first-order valence-electron chi connectivity index (χ1n) is 15.8. The standard InChI is InChI=1S/C35H38Cl2N4O4/c1-22-30(32(38-44-22)26-10-3-5-12-28(26)36)34(42)40-18-14-24(15-19-40)8-7-9-25-16-20-41(21-17-25)35(43)31-23(2)45-39-33(31)27-11-4-6-13-29(27)37/h3-6,10-13,24-25H,7-9,14-21H2,1-2H3. The highest BCUT2D eigenvalue weighted by molar-refractivity contribution is 6.33. The predicted octanol–water partition coefficient (Wildman–Crippen LogP) is 8.50. The van der Waals surface area contributed by atoms with E-state index in [0.29, 0.717) is 67.0 Å². The molecule has 0 aliphatic carbocycles. The van der Waals surface area contributed by atoms with Crippen LogP contribution in [0.25, 0.3) is 22.5 Å². The minimum Gasteiger partial charge on any atom is -0.360 e. The van der Waals surface area contributed by atoms with Gasteiger partial charge in [0.25, 0.3) is 11.8 Å². The summed E-state index contributed by atoms with van der Waals surface area (Å²) in [5, 5.41) is 9.44. The number of hydrogen-bond acceptors (Lipinski definition) is 6. The number of piperidine rings is 2. The van der Waals surface area contributed by atoms with Crippen molar-refractivity contribution in [2.45, 2.75) is 58.8 Å². The number of benzene rings is 2. The van der Waals surface area contributed by atoms with Crippen LogP contribution in [0.2, 0.25) is 10.0 Å². The average Bonchev–Trinajstić information content (AvgIpc) is 3.63. The summed E-state index contributed by atoms with van der Waals surface area (Å²) in [4.78, 5) is 30.9. The second-order valence-electron chi connectivity index (χ2n) is 12.3. The summed E-state index contributed by atoms with van der Waals surface area (Å²) >= 11 is 12.8. The maximum Gasteiger partial charge on any atom is 0.259 e. The number of aryl methyl sites for hydroxylation is 2. The van der Waals surface area contributed by atoms with Crippen molar-refractivity contribution in [1.29, 1.82) is 0 Å². The highest BCUT2D eigenvalue weighted by Crippen LogP contribution is 2.35. The predicted molar refractivity (Wildman–Crippen MR) is 174 cm³/mol. The summed E-state index contributed by atoms with van der Waals surface area (Å²) in [6, 6.07) is 14.8. The molecule has 45 heavy (non-hydrogen) atoms. The van der Waals surface area contributed by atoms with Gasteiger partial charge in [-0.15, -0.1) is 0 Å². The maximum absolute atomic E-state index is 13.5. The van der Waals surface area contributed by atoms with Gasteiger partial charge >= 0.3 is 0 Å². The van der Waals surface area contributed by atoms with Crippen LogP contribution < -0.4 is 0 Å². The molecular weight excluding hydrogens is 611 g/mol. The van der Waals surface area contributed by atoms with E-state index in [0.717, 1.165) is 51.9 Å². The SMILES string of the molecule is Cc1onc(-c2ccccc2Cl)c1C(=O)N1CCC(CCCC2CCN(C(=O)c3c(-c4ccccc4Cl)noc3C)CC2)CC1. The third kappa shape index (κ3) is 6.68. The van der Waals surface area contributed by atoms with Gasteiger partial charge in [-0.05, 0) is 63.5 Å². The Morgan fingerprint density at radius 1 is 0.689 bits per heavy atom. The number of halogens is 2. The molecule has 0 saturated carbocycles. The quantitative estimate of drug-likeness (QED) is 0.190. The molecule has 0 spiro atoms. The molecule has 4 aromatic rings. The van der Waals surface area contributed by atoms with Crippen LogP contribution in [0.5, 0.6) is 0 Å². The Morgan fingerprint density at radius 3 is 1.44 bits per heavy atom. The van der Waals surface area contributed by atoms with Gasteiger partial charge in [0.15, 0.2) is 0 Å². The minimum atomic E-state index is -0.0381. The molecule has 0 N–H and O–H groups in total. The number of carbonyl (C=O) groups is 2. The first-order chi connectivity index (χ1) is 21.8. The lowest BCUT2D eigenvalue weighted by Crippen LogP contribution is -2.39. The van der Waals surface area contributed by atoms with E-state index in [1.807, 2.05) is 46.2 Å². The first-order valence-corrected chi connectivity index (χ1v) is 16.6. The van der Waals surface area contributed by atoms with Crippen LogP contribution in [-0.2, 0) is 0 Å². The van der Waals surface area contributed by atoms with E-state index in [1.165, 1.54) is 19.3 Å². The molecule has 0 atom stereocenters. The van der Waals surface area contributed by atoms with E-state index in [9.17, 15) is 9.59 Å². The molecule has 2 fully saturated rings. The normalized spacial score (nSPS) is 16.4. The zero-order valence-electron chi connectivity index (χ0n) is 25.7. The lowest BCUT2D eigenvalue weighted by molar-refractivity contribution is 0.0679. The van der Waals surface area contributed by atoms with Crippen molar-refractivity contribution in [2.24, 2.45) is 11.8 Å². The van der Waals surface area contributed by atoms with Gasteiger partial charge < -0.3 is 18.8 Å².